The zero-order valence-corrected chi connectivity index (χ0v) is 24.2. The number of rotatable bonds is 7. The van der Waals surface area contributed by atoms with Crippen molar-refractivity contribution in [3.05, 3.63) is 64.3 Å². The van der Waals surface area contributed by atoms with Gasteiger partial charge in [-0.25, -0.2) is 17.7 Å². The van der Waals surface area contributed by atoms with E-state index in [1.54, 1.807) is 32.2 Å². The van der Waals surface area contributed by atoms with Crippen LogP contribution in [0.1, 0.15) is 50.2 Å². The van der Waals surface area contributed by atoms with Crippen LogP contribution in [-0.2, 0) is 28.4 Å². The van der Waals surface area contributed by atoms with Gasteiger partial charge in [0.1, 0.15) is 5.65 Å². The van der Waals surface area contributed by atoms with Gasteiger partial charge in [-0.2, -0.15) is 10.2 Å². The standard InChI is InChI=1S/C29H35N7O4S/c1-29(8-9-29)32-41(38,39)23-15-24(21-3-5-22(6-4-21)34-11-13-40-14-12-34)27-25(16-23)28(37)35(26-7-10-30-36(26)27)19-20-17-31-33(2)18-20/h3,7,10,15-18,22,32H,4-6,8-9,11-14,19H2,1-2H3. The molecule has 0 bridgehead atoms. The lowest BCUT2D eigenvalue weighted by Gasteiger charge is -2.36. The highest BCUT2D eigenvalue weighted by atomic mass is 32.2. The van der Waals surface area contributed by atoms with Crippen molar-refractivity contribution in [2.24, 2.45) is 7.05 Å². The fraction of sp³-hybridized carbons (Fsp3) is 0.483. The first kappa shape index (κ1) is 26.6. The first-order valence-corrected chi connectivity index (χ1v) is 15.8. The Morgan fingerprint density at radius 1 is 1.17 bits per heavy atom. The Morgan fingerprint density at radius 3 is 2.66 bits per heavy atom. The zero-order valence-electron chi connectivity index (χ0n) is 23.4. The van der Waals surface area contributed by atoms with Crippen molar-refractivity contribution in [3.63, 3.8) is 0 Å². The van der Waals surface area contributed by atoms with E-state index in [1.165, 1.54) is 6.07 Å². The second-order valence-electron chi connectivity index (χ2n) is 11.9. The molecule has 0 radical (unpaired) electrons. The lowest BCUT2D eigenvalue weighted by molar-refractivity contribution is 0.0150. The molecule has 216 valence electrons. The summed E-state index contributed by atoms with van der Waals surface area (Å²) in [6.07, 6.45) is 11.7. The molecule has 1 saturated carbocycles. The molecule has 41 heavy (non-hydrogen) atoms. The van der Waals surface area contributed by atoms with E-state index in [-0.39, 0.29) is 10.5 Å². The number of nitrogens with zero attached hydrogens (tertiary/aromatic N) is 6. The van der Waals surface area contributed by atoms with E-state index in [2.05, 4.69) is 25.9 Å². The maximum absolute atomic E-state index is 14.2. The first-order chi connectivity index (χ1) is 19.7. The number of nitrogens with one attached hydrogen (secondary N) is 1. The maximum Gasteiger partial charge on any atom is 0.262 e. The van der Waals surface area contributed by atoms with Crippen LogP contribution in [0.3, 0.4) is 0 Å². The molecule has 0 amide bonds. The fourth-order valence-corrected chi connectivity index (χ4v) is 7.74. The summed E-state index contributed by atoms with van der Waals surface area (Å²) in [5.41, 5.74) is 3.28. The Balaban J connectivity index is 1.40. The summed E-state index contributed by atoms with van der Waals surface area (Å²) >= 11 is 0. The summed E-state index contributed by atoms with van der Waals surface area (Å²) in [6, 6.07) is 5.52. The van der Waals surface area contributed by atoms with Crippen molar-refractivity contribution in [3.8, 4) is 0 Å². The van der Waals surface area contributed by atoms with Crippen LogP contribution >= 0.6 is 0 Å². The largest absolute Gasteiger partial charge is 0.379 e. The van der Waals surface area contributed by atoms with E-state index in [9.17, 15) is 13.2 Å². The molecular formula is C29H35N7O4S. The average Bonchev–Trinajstić information content (AvgIpc) is 3.31. The molecule has 3 aromatic heterocycles. The number of hydrogen-bond acceptors (Lipinski definition) is 7. The summed E-state index contributed by atoms with van der Waals surface area (Å²) in [7, 11) is -2.02. The molecule has 1 atom stereocenters. The van der Waals surface area contributed by atoms with Crippen LogP contribution in [0.25, 0.3) is 22.1 Å². The molecule has 0 spiro atoms. The topological polar surface area (TPSA) is 116 Å². The molecule has 4 aromatic rings. The Labute approximate surface area is 238 Å². The number of sulfonamides is 1. The van der Waals surface area contributed by atoms with Gasteiger partial charge in [0.15, 0.2) is 0 Å². The van der Waals surface area contributed by atoms with Gasteiger partial charge in [0, 0.05) is 55.1 Å². The van der Waals surface area contributed by atoms with Crippen LogP contribution in [0, 0.1) is 0 Å². The van der Waals surface area contributed by atoms with Crippen LogP contribution in [0.4, 0.5) is 0 Å². The normalized spacial score (nSPS) is 21.4. The SMILES string of the molecule is Cn1cc(Cn2c(=O)c3cc(S(=O)(=O)NC4(C)CC4)cc(C4=CCC(N5CCOCC5)CC4)c3n3nccc23)cn1. The molecule has 1 aliphatic heterocycles. The molecule has 1 aromatic carbocycles. The monoisotopic (exact) mass is 577 g/mol. The number of ether oxygens (including phenoxy) is 1. The molecule has 2 aliphatic carbocycles. The summed E-state index contributed by atoms with van der Waals surface area (Å²) < 4.78 is 40.8. The van der Waals surface area contributed by atoms with Crippen molar-refractivity contribution in [1.29, 1.82) is 0 Å². The highest BCUT2D eigenvalue weighted by molar-refractivity contribution is 7.89. The average molecular weight is 578 g/mol. The zero-order chi connectivity index (χ0) is 28.4. The Hall–Kier alpha value is -3.32. The molecule has 1 unspecified atom stereocenters. The molecule has 4 heterocycles. The quantitative estimate of drug-likeness (QED) is 0.359. The third kappa shape index (κ3) is 4.92. The number of hydrogen-bond donors (Lipinski definition) is 1. The van der Waals surface area contributed by atoms with Gasteiger partial charge in [-0.1, -0.05) is 6.08 Å². The second-order valence-corrected chi connectivity index (χ2v) is 13.5. The molecular weight excluding hydrogens is 542 g/mol. The molecule has 3 aliphatic rings. The van der Waals surface area contributed by atoms with Crippen molar-refractivity contribution in [1.82, 2.24) is 33.6 Å². The highest BCUT2D eigenvalue weighted by Crippen LogP contribution is 2.38. The minimum atomic E-state index is -3.85. The van der Waals surface area contributed by atoms with E-state index < -0.39 is 15.6 Å². The number of allylic oxidation sites excluding steroid dienone is 1. The third-order valence-corrected chi connectivity index (χ3v) is 10.4. The van der Waals surface area contributed by atoms with Crippen molar-refractivity contribution >= 4 is 32.1 Å². The number of fused-ring (bicyclic) bond motifs is 3. The minimum Gasteiger partial charge on any atom is -0.379 e. The molecule has 1 N–H and O–H groups in total. The molecule has 11 nitrogen and oxygen atoms in total. The third-order valence-electron chi connectivity index (χ3n) is 8.75. The smallest absolute Gasteiger partial charge is 0.262 e. The predicted octanol–water partition coefficient (Wildman–Crippen LogP) is 2.53. The molecule has 12 heteroatoms. The van der Waals surface area contributed by atoms with Crippen molar-refractivity contribution < 1.29 is 13.2 Å². The van der Waals surface area contributed by atoms with Gasteiger partial charge in [-0.15, -0.1) is 0 Å². The van der Waals surface area contributed by atoms with E-state index in [0.29, 0.717) is 29.1 Å². The number of aryl methyl sites for hydroxylation is 1. The Kier molecular flexibility index (Phi) is 6.42. The summed E-state index contributed by atoms with van der Waals surface area (Å²) in [4.78, 5) is 16.8. The van der Waals surface area contributed by atoms with Crippen LogP contribution < -0.4 is 10.3 Å². The number of aromatic nitrogens is 5. The molecule has 7 rings (SSSR count). The lowest BCUT2D eigenvalue weighted by atomic mass is 9.89. The first-order valence-electron chi connectivity index (χ1n) is 14.3. The van der Waals surface area contributed by atoms with Gasteiger partial charge in [-0.05, 0) is 56.7 Å². The summed E-state index contributed by atoms with van der Waals surface area (Å²) in [5, 5.41) is 9.20. The highest BCUT2D eigenvalue weighted by Gasteiger charge is 2.41. The number of morpholine rings is 1. The van der Waals surface area contributed by atoms with E-state index >= 15 is 0 Å². The Morgan fingerprint density at radius 2 is 1.98 bits per heavy atom. The van der Waals surface area contributed by atoms with Crippen molar-refractivity contribution in [2.75, 3.05) is 26.3 Å². The number of benzene rings is 1. The molecule has 1 saturated heterocycles. The maximum atomic E-state index is 14.2. The van der Waals surface area contributed by atoms with Gasteiger partial charge in [0.05, 0.1) is 48.0 Å². The van der Waals surface area contributed by atoms with Gasteiger partial charge in [-0.3, -0.25) is 18.9 Å². The van der Waals surface area contributed by atoms with Crippen LogP contribution in [0.2, 0.25) is 0 Å². The van der Waals surface area contributed by atoms with Gasteiger partial charge >= 0.3 is 0 Å². The van der Waals surface area contributed by atoms with Gasteiger partial charge < -0.3 is 4.74 Å². The van der Waals surface area contributed by atoms with E-state index in [0.717, 1.165) is 75.1 Å². The Bertz CT molecular complexity index is 1840. The van der Waals surface area contributed by atoms with E-state index in [1.807, 2.05) is 26.2 Å². The lowest BCUT2D eigenvalue weighted by Crippen LogP contribution is -2.43. The van der Waals surface area contributed by atoms with Crippen LogP contribution in [0.5, 0.6) is 0 Å². The summed E-state index contributed by atoms with van der Waals surface area (Å²) in [5.74, 6) is 0. The van der Waals surface area contributed by atoms with Gasteiger partial charge in [0.2, 0.25) is 10.0 Å². The van der Waals surface area contributed by atoms with Crippen LogP contribution in [0.15, 0.2) is 52.6 Å². The summed E-state index contributed by atoms with van der Waals surface area (Å²) in [6.45, 7) is 5.58. The fourth-order valence-electron chi connectivity index (χ4n) is 6.22. The molecule has 2 fully saturated rings. The van der Waals surface area contributed by atoms with Crippen LogP contribution in [-0.4, -0.2) is 75.2 Å². The van der Waals surface area contributed by atoms with Crippen molar-refractivity contribution in [2.45, 2.75) is 62.0 Å². The minimum absolute atomic E-state index is 0.112. The van der Waals surface area contributed by atoms with Gasteiger partial charge in [0.25, 0.3) is 5.56 Å². The second kappa shape index (κ2) is 9.90. The van der Waals surface area contributed by atoms with E-state index in [4.69, 9.17) is 4.74 Å². The predicted molar refractivity (Wildman–Crippen MR) is 155 cm³/mol.